The molecule has 0 amide bonds. The zero-order chi connectivity index (χ0) is 35.4. The molecule has 1 N–H and O–H groups in total. The number of hydrogen-bond donors (Lipinski definition) is 1. The normalized spacial score (nSPS) is 37.1. The number of carbonyl (C=O) groups is 2. The molecule has 0 radical (unpaired) electrons. The van der Waals surface area contributed by atoms with Gasteiger partial charge < -0.3 is 33.4 Å². The van der Waals surface area contributed by atoms with Crippen LogP contribution >= 0.6 is 0 Å². The van der Waals surface area contributed by atoms with Crippen molar-refractivity contribution in [1.29, 1.82) is 0 Å². The van der Waals surface area contributed by atoms with Crippen LogP contribution < -0.4 is 0 Å². The lowest BCUT2D eigenvalue weighted by atomic mass is 9.74. The van der Waals surface area contributed by atoms with E-state index in [4.69, 9.17) is 23.4 Å². The van der Waals surface area contributed by atoms with Crippen LogP contribution in [0.3, 0.4) is 0 Å². The number of likely N-dealkylation sites (tertiary alicyclic amines) is 1. The van der Waals surface area contributed by atoms with Crippen molar-refractivity contribution in [3.8, 4) is 0 Å². The van der Waals surface area contributed by atoms with Crippen molar-refractivity contribution in [3.63, 3.8) is 0 Å². The molecule has 3 aliphatic rings. The van der Waals surface area contributed by atoms with E-state index in [0.717, 1.165) is 51.2 Å². The van der Waals surface area contributed by atoms with E-state index in [9.17, 15) is 14.7 Å². The number of piperidine rings is 1. The molecule has 48 heavy (non-hydrogen) atoms. The molecule has 1 aromatic heterocycles. The number of cyclic esters (lactones) is 1. The molecule has 3 aliphatic heterocycles. The summed E-state index contributed by atoms with van der Waals surface area (Å²) >= 11 is 0. The molecule has 0 saturated carbocycles. The largest absolute Gasteiger partial charge is 0.468 e. The first-order chi connectivity index (χ1) is 22.5. The third-order valence-corrected chi connectivity index (χ3v) is 11.3. The highest BCUT2D eigenvalue weighted by Gasteiger charge is 2.51. The molecule has 0 unspecified atom stereocenters. The molecule has 9 atom stereocenters. The lowest BCUT2D eigenvalue weighted by Gasteiger charge is -2.47. The molecular weight excluding hydrogens is 614 g/mol. The van der Waals surface area contributed by atoms with E-state index in [1.54, 1.807) is 34.1 Å². The minimum Gasteiger partial charge on any atom is -0.468 e. The predicted molar refractivity (Wildman–Crippen MR) is 183 cm³/mol. The Morgan fingerprint density at radius 3 is 2.40 bits per heavy atom. The predicted octanol–water partition coefficient (Wildman–Crippen LogP) is 4.21. The van der Waals surface area contributed by atoms with Gasteiger partial charge in [0.25, 0.3) is 0 Å². The number of ether oxygens (including phenoxy) is 4. The summed E-state index contributed by atoms with van der Waals surface area (Å²) < 4.78 is 30.6. The molecule has 0 spiro atoms. The molecule has 274 valence electrons. The van der Waals surface area contributed by atoms with Gasteiger partial charge in [0, 0.05) is 31.7 Å². The van der Waals surface area contributed by atoms with Crippen LogP contribution in [0.2, 0.25) is 0 Å². The van der Waals surface area contributed by atoms with Gasteiger partial charge in [-0.25, -0.2) is 0 Å². The van der Waals surface area contributed by atoms with Gasteiger partial charge in [-0.1, -0.05) is 13.8 Å². The Labute approximate surface area is 288 Å². The van der Waals surface area contributed by atoms with Crippen molar-refractivity contribution in [2.75, 3.05) is 54.5 Å². The Morgan fingerprint density at radius 1 is 1.10 bits per heavy atom. The number of esters is 1. The van der Waals surface area contributed by atoms with E-state index < -0.39 is 41.4 Å². The first-order valence-corrected chi connectivity index (χ1v) is 17.9. The fraction of sp³-hybridized carbons (Fsp3) is 0.838. The third kappa shape index (κ3) is 9.27. The molecule has 3 fully saturated rings. The number of aliphatic hydroxyl groups is 1. The van der Waals surface area contributed by atoms with Crippen molar-refractivity contribution in [1.82, 2.24) is 14.7 Å². The summed E-state index contributed by atoms with van der Waals surface area (Å²) in [5.41, 5.74) is -2.34. The monoisotopic (exact) mass is 677 g/mol. The van der Waals surface area contributed by atoms with Gasteiger partial charge in [-0.15, -0.1) is 0 Å². The average Bonchev–Trinajstić information content (AvgIpc) is 3.55. The van der Waals surface area contributed by atoms with Gasteiger partial charge in [-0.3, -0.25) is 19.4 Å². The van der Waals surface area contributed by atoms with Crippen LogP contribution in [0.4, 0.5) is 0 Å². The summed E-state index contributed by atoms with van der Waals surface area (Å²) in [7, 11) is 7.61. The van der Waals surface area contributed by atoms with Gasteiger partial charge in [0.1, 0.15) is 23.9 Å². The van der Waals surface area contributed by atoms with Crippen molar-refractivity contribution in [2.24, 2.45) is 23.2 Å². The van der Waals surface area contributed by atoms with E-state index in [0.29, 0.717) is 18.8 Å². The summed E-state index contributed by atoms with van der Waals surface area (Å²) in [6, 6.07) is 3.79. The Bertz CT molecular complexity index is 1170. The number of methoxy groups -OCH3 is 1. The molecule has 11 nitrogen and oxygen atoms in total. The fourth-order valence-corrected chi connectivity index (χ4v) is 8.23. The van der Waals surface area contributed by atoms with Crippen LogP contribution in [0.25, 0.3) is 0 Å². The molecule has 11 heteroatoms. The first-order valence-electron chi connectivity index (χ1n) is 17.9. The summed E-state index contributed by atoms with van der Waals surface area (Å²) in [6.45, 7) is 15.0. The van der Waals surface area contributed by atoms with Crippen LogP contribution in [0, 0.1) is 23.2 Å². The average molecular weight is 678 g/mol. The van der Waals surface area contributed by atoms with Crippen molar-refractivity contribution < 1.29 is 38.1 Å². The van der Waals surface area contributed by atoms with E-state index >= 15 is 0 Å². The smallest absolute Gasteiger partial charge is 0.319 e. The van der Waals surface area contributed by atoms with Crippen LogP contribution in [0.15, 0.2) is 22.8 Å². The maximum Gasteiger partial charge on any atom is 0.319 e. The van der Waals surface area contributed by atoms with Crippen LogP contribution in [-0.4, -0.2) is 128 Å². The highest BCUT2D eigenvalue weighted by Crippen LogP contribution is 2.38. The number of rotatable bonds is 8. The van der Waals surface area contributed by atoms with Gasteiger partial charge in [-0.05, 0) is 118 Å². The highest BCUT2D eigenvalue weighted by molar-refractivity contribution is 6.04. The van der Waals surface area contributed by atoms with Gasteiger partial charge in [-0.2, -0.15) is 0 Å². The fourth-order valence-electron chi connectivity index (χ4n) is 8.23. The van der Waals surface area contributed by atoms with Gasteiger partial charge >= 0.3 is 5.97 Å². The van der Waals surface area contributed by atoms with E-state index in [1.807, 2.05) is 45.0 Å². The third-order valence-electron chi connectivity index (χ3n) is 11.3. The summed E-state index contributed by atoms with van der Waals surface area (Å²) in [5.74, 6) is 0.0657. The molecular formula is C37H63N3O8. The van der Waals surface area contributed by atoms with Crippen LogP contribution in [-0.2, 0) is 35.1 Å². The zero-order valence-corrected chi connectivity index (χ0v) is 31.1. The molecule has 0 aromatic carbocycles. The van der Waals surface area contributed by atoms with Crippen molar-refractivity contribution in [3.05, 3.63) is 24.2 Å². The number of likely N-dealkylation sites (N-methyl/N-ethyl adjacent to an activating group) is 2. The number of nitrogens with zero attached hydrogens (tertiary/aromatic N) is 3. The summed E-state index contributed by atoms with van der Waals surface area (Å²) in [5, 5.41) is 11.4. The number of carbonyl (C=O) groups excluding carboxylic acids is 2. The second-order valence-corrected chi connectivity index (χ2v) is 16.0. The number of aliphatic hydroxyl groups excluding tert-OH is 1. The molecule has 4 rings (SSSR count). The van der Waals surface area contributed by atoms with Gasteiger partial charge in [0.2, 0.25) is 0 Å². The van der Waals surface area contributed by atoms with Gasteiger partial charge in [0.05, 0.1) is 30.6 Å². The summed E-state index contributed by atoms with van der Waals surface area (Å²) in [4.78, 5) is 34.7. The standard InChI is InChI=1S/C37H63N3O8/c1-24-20-37(6,44-10)33(48-34-31(41)30(38(7)8)18-25(2)47-34)26(3)32(42)36(4,5)35(43)46-23-28(39(9)21-24)19-27-13-15-40(16-14-27)22-29-12-11-17-45-29/h11-12,17,24-28,30-31,33-34,41H,13-16,18-23H2,1-10H3/t24-,25-,26+,28-,30+,31-,33-,34+,37-/m1/s1. The van der Waals surface area contributed by atoms with Crippen LogP contribution in [0.5, 0.6) is 0 Å². The quantitative estimate of drug-likeness (QED) is 0.315. The number of furan rings is 1. The summed E-state index contributed by atoms with van der Waals surface area (Å²) in [6.07, 6.45) is 3.17. The Hall–Kier alpha value is -1.86. The molecule has 0 bridgehead atoms. The first kappa shape index (κ1) is 38.9. The Morgan fingerprint density at radius 2 is 1.79 bits per heavy atom. The van der Waals surface area contributed by atoms with E-state index in [-0.39, 0.29) is 36.5 Å². The van der Waals surface area contributed by atoms with Gasteiger partial charge in [0.15, 0.2) is 12.1 Å². The van der Waals surface area contributed by atoms with Crippen molar-refractivity contribution >= 4 is 11.8 Å². The Balaban J connectivity index is 1.55. The van der Waals surface area contributed by atoms with Crippen molar-refractivity contribution in [2.45, 2.75) is 122 Å². The number of ketones is 1. The number of Topliss-reactive ketones (excluding diaryl/α,β-unsaturated/α-hetero) is 1. The molecule has 3 saturated heterocycles. The second kappa shape index (κ2) is 16.4. The molecule has 4 heterocycles. The lowest BCUT2D eigenvalue weighted by molar-refractivity contribution is -0.295. The molecule has 1 aromatic rings. The zero-order valence-electron chi connectivity index (χ0n) is 31.1. The molecule has 0 aliphatic carbocycles. The topological polar surface area (TPSA) is 114 Å². The second-order valence-electron chi connectivity index (χ2n) is 16.0. The van der Waals surface area contributed by atoms with E-state index in [2.05, 4.69) is 23.8 Å². The maximum atomic E-state index is 14.3. The minimum atomic E-state index is -1.42. The van der Waals surface area contributed by atoms with E-state index in [1.165, 1.54) is 0 Å². The Kier molecular flexibility index (Phi) is 13.3. The lowest BCUT2D eigenvalue weighted by Crippen LogP contribution is -2.59. The number of hydrogen-bond acceptors (Lipinski definition) is 11. The van der Waals surface area contributed by atoms with Crippen LogP contribution in [0.1, 0.15) is 79.4 Å². The maximum absolute atomic E-state index is 14.3. The SMILES string of the molecule is CO[C@]1(C)C[C@@H](C)CN(C)[C@H](CC2CCN(Cc3ccco3)CC2)COC(=O)C(C)(C)C(=O)[C@H](C)[C@H]1O[C@@H]1O[C@H](C)C[C@H](N(C)C)[C@H]1O. The minimum absolute atomic E-state index is 0.0122. The highest BCUT2D eigenvalue weighted by atomic mass is 16.7.